The average Bonchev–Trinajstić information content (AvgIpc) is 2.99. The Morgan fingerprint density at radius 2 is 1.87 bits per heavy atom. The van der Waals surface area contributed by atoms with Crippen molar-refractivity contribution in [3.8, 4) is 0 Å². The molecule has 0 unspecified atom stereocenters. The lowest BCUT2D eigenvalue weighted by Gasteiger charge is -2.38. The zero-order valence-corrected chi connectivity index (χ0v) is 18.7. The topological polar surface area (TPSA) is 61.6 Å². The van der Waals surface area contributed by atoms with Crippen molar-refractivity contribution >= 4 is 11.6 Å². The van der Waals surface area contributed by atoms with Crippen LogP contribution in [-0.4, -0.2) is 58.3 Å². The van der Waals surface area contributed by atoms with E-state index in [2.05, 4.69) is 68.9 Å². The molecule has 0 radical (unpaired) electrons. The highest BCUT2D eigenvalue weighted by atomic mass is 15.4. The van der Waals surface area contributed by atoms with E-state index in [-0.39, 0.29) is 0 Å². The molecule has 0 amide bonds. The summed E-state index contributed by atoms with van der Waals surface area (Å²) in [6.07, 6.45) is 4.74. The van der Waals surface area contributed by atoms with Crippen LogP contribution >= 0.6 is 0 Å². The molecule has 1 fully saturated rings. The highest BCUT2D eigenvalue weighted by Crippen LogP contribution is 2.24. The van der Waals surface area contributed by atoms with Crippen molar-refractivity contribution in [2.45, 2.75) is 59.5 Å². The van der Waals surface area contributed by atoms with Crippen LogP contribution in [0.5, 0.6) is 0 Å². The van der Waals surface area contributed by atoms with Crippen molar-refractivity contribution in [1.29, 1.82) is 0 Å². The number of hydrogen-bond donors (Lipinski definition) is 1. The maximum atomic E-state index is 4.94. The predicted octanol–water partition coefficient (Wildman–Crippen LogP) is 2.91. The molecule has 1 aromatic heterocycles. The maximum absolute atomic E-state index is 4.94. The lowest BCUT2D eigenvalue weighted by molar-refractivity contribution is 0.372. The van der Waals surface area contributed by atoms with Crippen molar-refractivity contribution in [2.24, 2.45) is 4.99 Å². The molecule has 2 aliphatic rings. The summed E-state index contributed by atoms with van der Waals surface area (Å²) in [7, 11) is 0. The van der Waals surface area contributed by atoms with Gasteiger partial charge >= 0.3 is 0 Å². The molecule has 1 N–H and O–H groups in total. The van der Waals surface area contributed by atoms with E-state index in [4.69, 9.17) is 4.99 Å². The van der Waals surface area contributed by atoms with Crippen LogP contribution in [0.2, 0.25) is 0 Å². The number of aliphatic imine (C=N–C) groups is 1. The second-order valence-electron chi connectivity index (χ2n) is 8.36. The molecule has 7 heteroatoms. The fraction of sp³-hybridized carbons (Fsp3) is 0.609. The van der Waals surface area contributed by atoms with Crippen LogP contribution < -0.4 is 10.2 Å². The number of benzene rings is 1. The van der Waals surface area contributed by atoms with Gasteiger partial charge in [-0.25, -0.2) is 4.99 Å². The van der Waals surface area contributed by atoms with E-state index < -0.39 is 0 Å². The first kappa shape index (κ1) is 20.7. The standard InChI is InChI=1S/C23H35N7/c1-4-24-23(25-17-22-27-26-21-11-6-5-7-12-30(21)22)29-15-13-28(14-16-29)20-10-8-9-18(2)19(20)3/h8-10H,4-7,11-17H2,1-3H3,(H,24,25). The van der Waals surface area contributed by atoms with E-state index >= 15 is 0 Å². The number of piperazine rings is 1. The quantitative estimate of drug-likeness (QED) is 0.621. The van der Waals surface area contributed by atoms with Crippen LogP contribution in [0.3, 0.4) is 0 Å². The van der Waals surface area contributed by atoms with Crippen LogP contribution in [0.15, 0.2) is 23.2 Å². The first-order chi connectivity index (χ1) is 14.7. The molecule has 1 saturated heterocycles. The first-order valence-corrected chi connectivity index (χ1v) is 11.4. The Morgan fingerprint density at radius 3 is 2.67 bits per heavy atom. The number of guanidine groups is 1. The lowest BCUT2D eigenvalue weighted by Crippen LogP contribution is -2.52. The van der Waals surface area contributed by atoms with Crippen LogP contribution in [-0.2, 0) is 19.5 Å². The molecule has 1 aromatic carbocycles. The van der Waals surface area contributed by atoms with Crippen LogP contribution in [0.1, 0.15) is 49.0 Å². The fourth-order valence-electron chi connectivity index (χ4n) is 4.47. The van der Waals surface area contributed by atoms with Crippen LogP contribution in [0.4, 0.5) is 5.69 Å². The first-order valence-electron chi connectivity index (χ1n) is 11.4. The third kappa shape index (κ3) is 4.45. The van der Waals surface area contributed by atoms with Gasteiger partial charge in [0.1, 0.15) is 12.4 Å². The zero-order chi connectivity index (χ0) is 20.9. The van der Waals surface area contributed by atoms with E-state index in [1.165, 1.54) is 36.1 Å². The number of hydrogen-bond acceptors (Lipinski definition) is 4. The molecule has 0 spiro atoms. The number of aromatic nitrogens is 3. The van der Waals surface area contributed by atoms with E-state index in [1.54, 1.807) is 0 Å². The molecular formula is C23H35N7. The minimum absolute atomic E-state index is 0.590. The minimum atomic E-state index is 0.590. The predicted molar refractivity (Wildman–Crippen MR) is 122 cm³/mol. The Labute approximate surface area is 180 Å². The summed E-state index contributed by atoms with van der Waals surface area (Å²) in [6.45, 7) is 13.0. The molecule has 7 nitrogen and oxygen atoms in total. The Hall–Kier alpha value is -2.57. The average molecular weight is 410 g/mol. The second-order valence-corrected chi connectivity index (χ2v) is 8.36. The number of fused-ring (bicyclic) bond motifs is 1. The molecule has 0 atom stereocenters. The molecule has 4 rings (SSSR count). The smallest absolute Gasteiger partial charge is 0.194 e. The van der Waals surface area contributed by atoms with Gasteiger partial charge in [0.05, 0.1) is 0 Å². The molecule has 162 valence electrons. The summed E-state index contributed by atoms with van der Waals surface area (Å²) in [5, 5.41) is 12.3. The van der Waals surface area contributed by atoms with Gasteiger partial charge in [-0.3, -0.25) is 0 Å². The van der Waals surface area contributed by atoms with Gasteiger partial charge in [-0.2, -0.15) is 0 Å². The van der Waals surface area contributed by atoms with Crippen molar-refractivity contribution < 1.29 is 0 Å². The molecule has 0 aliphatic carbocycles. The number of nitrogens with zero attached hydrogens (tertiary/aromatic N) is 6. The second kappa shape index (κ2) is 9.49. The van der Waals surface area contributed by atoms with Gasteiger partial charge in [0.2, 0.25) is 0 Å². The van der Waals surface area contributed by atoms with Crippen LogP contribution in [0.25, 0.3) is 0 Å². The fourth-order valence-corrected chi connectivity index (χ4v) is 4.47. The van der Waals surface area contributed by atoms with Gasteiger partial charge in [-0.1, -0.05) is 18.6 Å². The van der Waals surface area contributed by atoms with E-state index in [0.717, 1.165) is 63.3 Å². The summed E-state index contributed by atoms with van der Waals surface area (Å²) in [5.41, 5.74) is 4.11. The van der Waals surface area contributed by atoms with Gasteiger partial charge in [0.15, 0.2) is 11.8 Å². The SMILES string of the molecule is CCNC(=NCc1nnc2n1CCCCC2)N1CCN(c2cccc(C)c2C)CC1. The molecule has 2 aliphatic heterocycles. The van der Waals surface area contributed by atoms with Gasteiger partial charge < -0.3 is 19.7 Å². The van der Waals surface area contributed by atoms with E-state index in [0.29, 0.717) is 6.54 Å². The third-order valence-corrected chi connectivity index (χ3v) is 6.39. The highest BCUT2D eigenvalue weighted by molar-refractivity contribution is 5.80. The van der Waals surface area contributed by atoms with Crippen molar-refractivity contribution in [1.82, 2.24) is 25.0 Å². The monoisotopic (exact) mass is 409 g/mol. The van der Waals surface area contributed by atoms with Crippen molar-refractivity contribution in [3.63, 3.8) is 0 Å². The normalized spacial score (nSPS) is 17.6. The Morgan fingerprint density at radius 1 is 1.03 bits per heavy atom. The molecule has 3 heterocycles. The maximum Gasteiger partial charge on any atom is 0.194 e. The minimum Gasteiger partial charge on any atom is -0.368 e. The summed E-state index contributed by atoms with van der Waals surface area (Å²) in [6, 6.07) is 6.60. The summed E-state index contributed by atoms with van der Waals surface area (Å²) >= 11 is 0. The largest absolute Gasteiger partial charge is 0.368 e. The number of rotatable bonds is 4. The van der Waals surface area contributed by atoms with Gasteiger partial charge in [-0.05, 0) is 50.8 Å². The third-order valence-electron chi connectivity index (χ3n) is 6.39. The van der Waals surface area contributed by atoms with Crippen LogP contribution in [0, 0.1) is 13.8 Å². The molecule has 0 saturated carbocycles. The molecule has 30 heavy (non-hydrogen) atoms. The van der Waals surface area contributed by atoms with E-state index in [9.17, 15) is 0 Å². The van der Waals surface area contributed by atoms with E-state index in [1.807, 2.05) is 0 Å². The molecule has 0 bridgehead atoms. The molecular weight excluding hydrogens is 374 g/mol. The van der Waals surface area contributed by atoms with Crippen molar-refractivity contribution in [3.05, 3.63) is 41.0 Å². The van der Waals surface area contributed by atoms with Gasteiger partial charge in [0.25, 0.3) is 0 Å². The number of nitrogens with one attached hydrogen (secondary N) is 1. The summed E-state index contributed by atoms with van der Waals surface area (Å²) in [5.74, 6) is 3.12. The zero-order valence-electron chi connectivity index (χ0n) is 18.7. The summed E-state index contributed by atoms with van der Waals surface area (Å²) in [4.78, 5) is 9.82. The summed E-state index contributed by atoms with van der Waals surface area (Å²) < 4.78 is 2.29. The van der Waals surface area contributed by atoms with Crippen molar-refractivity contribution in [2.75, 3.05) is 37.6 Å². The number of aryl methyl sites for hydroxylation is 2. The number of anilines is 1. The Kier molecular flexibility index (Phi) is 6.55. The highest BCUT2D eigenvalue weighted by Gasteiger charge is 2.21. The lowest BCUT2D eigenvalue weighted by atomic mass is 10.1. The van der Waals surface area contributed by atoms with Gasteiger partial charge in [-0.15, -0.1) is 10.2 Å². The van der Waals surface area contributed by atoms with Gasteiger partial charge in [0, 0.05) is 51.4 Å². The molecule has 2 aromatic rings. The Balaban J connectivity index is 1.43. The Bertz CT molecular complexity index is 878.